The van der Waals surface area contributed by atoms with Crippen LogP contribution >= 0.6 is 0 Å². The number of rotatable bonds is 27. The lowest BCUT2D eigenvalue weighted by Crippen LogP contribution is -2.56. The Labute approximate surface area is 374 Å². The number of carbonyl (C=O) groups is 5. The van der Waals surface area contributed by atoms with Gasteiger partial charge in [0.25, 0.3) is 0 Å². The number of carboxylic acids is 1. The molecule has 0 bridgehead atoms. The van der Waals surface area contributed by atoms with Crippen molar-refractivity contribution in [2.45, 2.75) is 148 Å². The molecule has 12 unspecified atom stereocenters. The van der Waals surface area contributed by atoms with Crippen LogP contribution in [0.25, 0.3) is 0 Å². The number of nitrogens with one attached hydrogen (secondary N) is 2. The van der Waals surface area contributed by atoms with Gasteiger partial charge < -0.3 is 55.4 Å². The topological polar surface area (TPSA) is 239 Å². The van der Waals surface area contributed by atoms with Gasteiger partial charge in [0.1, 0.15) is 18.2 Å². The Bertz CT molecular complexity index is 1580. The molecule has 7 N–H and O–H groups in total. The van der Waals surface area contributed by atoms with E-state index in [0.717, 1.165) is 5.56 Å². The summed E-state index contributed by atoms with van der Waals surface area (Å²) in [5.74, 6) is -4.57. The summed E-state index contributed by atoms with van der Waals surface area (Å²) >= 11 is 0. The van der Waals surface area contributed by atoms with E-state index in [9.17, 15) is 49.5 Å². The van der Waals surface area contributed by atoms with Crippen LogP contribution in [0.4, 0.5) is 0 Å². The molecule has 12 atom stereocenters. The van der Waals surface area contributed by atoms with Crippen molar-refractivity contribution in [1.82, 2.24) is 25.3 Å². The van der Waals surface area contributed by atoms with Gasteiger partial charge in [-0.1, -0.05) is 85.7 Å². The first kappa shape index (κ1) is 55.4. The molecule has 17 nitrogen and oxygen atoms in total. The van der Waals surface area contributed by atoms with Crippen LogP contribution in [0.5, 0.6) is 0 Å². The molecule has 1 aliphatic heterocycles. The summed E-state index contributed by atoms with van der Waals surface area (Å²) in [5.41, 5.74) is 0.763. The summed E-state index contributed by atoms with van der Waals surface area (Å²) in [5, 5.41) is 56.8. The third-order valence-electron chi connectivity index (χ3n) is 12.6. The molecule has 1 aliphatic rings. The first-order valence-electron chi connectivity index (χ1n) is 22.4. The number of benzene rings is 1. The van der Waals surface area contributed by atoms with Crippen LogP contribution < -0.4 is 10.6 Å². The van der Waals surface area contributed by atoms with E-state index in [1.807, 2.05) is 47.6 Å². The number of amides is 4. The van der Waals surface area contributed by atoms with Gasteiger partial charge in [-0.2, -0.15) is 0 Å². The van der Waals surface area contributed by atoms with Gasteiger partial charge in [0.2, 0.25) is 23.6 Å². The molecule has 63 heavy (non-hydrogen) atoms. The van der Waals surface area contributed by atoms with Crippen LogP contribution in [0.3, 0.4) is 0 Å². The standard InChI is InChI=1S/C46H79N5O12/c1-13-34(52)40(55)41(56)35(53)25-49(9)39(28(6)7)44(58)47-24-31(26(2)3)45(59)50(10)38(27(4)5)36(62-11)23-37(54)51-21-17-20-33(51)42(63-12)29(8)43(57)48-32(46(60)61)22-30-18-15-14-16-19-30/h14-16,18-19,26-29,31-36,38-42,52-53,55-56H,13,17,20-25H2,1-12H3,(H,47,58)(H,48,57)(H,60,61). The van der Waals surface area contributed by atoms with Gasteiger partial charge in [0.15, 0.2) is 0 Å². The van der Waals surface area contributed by atoms with Crippen molar-refractivity contribution in [3.05, 3.63) is 35.9 Å². The normalized spacial score (nSPS) is 19.7. The van der Waals surface area contributed by atoms with E-state index in [-0.39, 0.29) is 67.8 Å². The van der Waals surface area contributed by atoms with Gasteiger partial charge in [-0.3, -0.25) is 24.1 Å². The number of aliphatic hydroxyl groups is 4. The van der Waals surface area contributed by atoms with Gasteiger partial charge in [0, 0.05) is 47.3 Å². The molecule has 0 radical (unpaired) electrons. The van der Waals surface area contributed by atoms with Crippen molar-refractivity contribution in [1.29, 1.82) is 0 Å². The average Bonchev–Trinajstić information content (AvgIpc) is 3.72. The van der Waals surface area contributed by atoms with Crippen LogP contribution in [0.2, 0.25) is 0 Å². The molecule has 1 fully saturated rings. The Hall–Kier alpha value is -3.71. The molecular formula is C46H79N5O12. The maximum atomic E-state index is 14.4. The highest BCUT2D eigenvalue weighted by molar-refractivity contribution is 5.86. The van der Waals surface area contributed by atoms with Crippen molar-refractivity contribution in [2.75, 3.05) is 47.9 Å². The predicted octanol–water partition coefficient (Wildman–Crippen LogP) is 1.53. The highest BCUT2D eigenvalue weighted by Gasteiger charge is 2.43. The number of ether oxygens (including phenoxy) is 2. The maximum absolute atomic E-state index is 14.4. The van der Waals surface area contributed by atoms with Gasteiger partial charge in [-0.15, -0.1) is 0 Å². The number of aliphatic hydroxyl groups excluding tert-OH is 4. The van der Waals surface area contributed by atoms with Gasteiger partial charge in [-0.25, -0.2) is 4.79 Å². The summed E-state index contributed by atoms with van der Waals surface area (Å²) < 4.78 is 11.8. The van der Waals surface area contributed by atoms with E-state index in [0.29, 0.717) is 19.4 Å². The number of hydrogen-bond donors (Lipinski definition) is 7. The number of likely N-dealkylation sites (tertiary alicyclic amines) is 1. The Balaban J connectivity index is 2.20. The third kappa shape index (κ3) is 15.5. The number of hydrogen-bond acceptors (Lipinski definition) is 12. The summed E-state index contributed by atoms with van der Waals surface area (Å²) in [6.45, 7) is 14.9. The van der Waals surface area contributed by atoms with Gasteiger partial charge in [-0.05, 0) is 49.6 Å². The fourth-order valence-electron chi connectivity index (χ4n) is 8.96. The molecule has 0 spiro atoms. The maximum Gasteiger partial charge on any atom is 0.326 e. The number of carboxylic acid groups (broad SMARTS) is 1. The largest absolute Gasteiger partial charge is 0.480 e. The van der Waals surface area contributed by atoms with E-state index in [1.54, 1.807) is 66.9 Å². The zero-order valence-electron chi connectivity index (χ0n) is 39.6. The summed E-state index contributed by atoms with van der Waals surface area (Å²) in [7, 11) is 6.25. The van der Waals surface area contributed by atoms with Crippen molar-refractivity contribution < 1.29 is 59.0 Å². The Kier molecular flexibility index (Phi) is 23.1. The molecule has 0 aliphatic carbocycles. The number of carbonyl (C=O) groups excluding carboxylic acids is 4. The lowest BCUT2D eigenvalue weighted by atomic mass is 9.89. The molecular weight excluding hydrogens is 815 g/mol. The minimum absolute atomic E-state index is 0.00378. The van der Waals surface area contributed by atoms with Crippen LogP contribution in [-0.4, -0.2) is 179 Å². The van der Waals surface area contributed by atoms with Crippen LogP contribution in [0, 0.1) is 29.6 Å². The Morgan fingerprint density at radius 1 is 0.841 bits per heavy atom. The van der Waals surface area contributed by atoms with Crippen molar-refractivity contribution >= 4 is 29.6 Å². The minimum Gasteiger partial charge on any atom is -0.480 e. The fraction of sp³-hybridized carbons (Fsp3) is 0.761. The second-order valence-corrected chi connectivity index (χ2v) is 18.3. The van der Waals surface area contributed by atoms with Crippen molar-refractivity contribution in [3.63, 3.8) is 0 Å². The Morgan fingerprint density at radius 2 is 1.44 bits per heavy atom. The number of aliphatic carboxylic acids is 1. The molecule has 17 heteroatoms. The monoisotopic (exact) mass is 894 g/mol. The minimum atomic E-state index is -1.64. The van der Waals surface area contributed by atoms with E-state index in [2.05, 4.69) is 10.6 Å². The number of nitrogens with zero attached hydrogens (tertiary/aromatic N) is 3. The predicted molar refractivity (Wildman–Crippen MR) is 238 cm³/mol. The zero-order valence-corrected chi connectivity index (χ0v) is 39.6. The lowest BCUT2D eigenvalue weighted by Gasteiger charge is -2.40. The van der Waals surface area contributed by atoms with Crippen LogP contribution in [0.15, 0.2) is 30.3 Å². The third-order valence-corrected chi connectivity index (χ3v) is 12.6. The molecule has 4 amide bonds. The second-order valence-electron chi connectivity index (χ2n) is 18.3. The number of likely N-dealkylation sites (N-methyl/N-ethyl adjacent to an activating group) is 2. The quantitative estimate of drug-likeness (QED) is 0.0665. The van der Waals surface area contributed by atoms with E-state index < -0.39 is 84.5 Å². The molecule has 0 aromatic heterocycles. The lowest BCUT2D eigenvalue weighted by molar-refractivity contribution is -0.148. The molecule has 0 saturated carbocycles. The second kappa shape index (κ2) is 26.3. The van der Waals surface area contributed by atoms with Crippen molar-refractivity contribution in [3.8, 4) is 0 Å². The highest BCUT2D eigenvalue weighted by Crippen LogP contribution is 2.30. The van der Waals surface area contributed by atoms with E-state index >= 15 is 0 Å². The van der Waals surface area contributed by atoms with Crippen LogP contribution in [-0.2, 0) is 39.9 Å². The zero-order chi connectivity index (χ0) is 47.9. The van der Waals surface area contributed by atoms with Crippen LogP contribution in [0.1, 0.15) is 86.6 Å². The van der Waals surface area contributed by atoms with E-state index in [4.69, 9.17) is 9.47 Å². The summed E-state index contributed by atoms with van der Waals surface area (Å²) in [4.78, 5) is 72.8. The molecule has 360 valence electrons. The number of methoxy groups -OCH3 is 2. The van der Waals surface area contributed by atoms with Crippen molar-refractivity contribution in [2.24, 2.45) is 29.6 Å². The molecule has 1 heterocycles. The molecule has 1 saturated heterocycles. The fourth-order valence-corrected chi connectivity index (χ4v) is 8.96. The van der Waals surface area contributed by atoms with E-state index in [1.165, 1.54) is 14.2 Å². The first-order chi connectivity index (χ1) is 29.5. The molecule has 1 aromatic carbocycles. The first-order valence-corrected chi connectivity index (χ1v) is 22.4. The summed E-state index contributed by atoms with van der Waals surface area (Å²) in [6, 6.07) is 6.09. The molecule has 2 rings (SSSR count). The Morgan fingerprint density at radius 3 is 1.95 bits per heavy atom. The SMILES string of the molecule is CCC(O)C(O)C(O)C(O)CN(C)C(C(=O)NCC(C(=O)N(C)C(C(C)C)C(CC(=O)N1CCCC1C(OC)C(C)C(=O)NC(Cc1ccccc1)C(=O)O)OC)C(C)C)C(C)C. The average molecular weight is 894 g/mol. The summed E-state index contributed by atoms with van der Waals surface area (Å²) in [6.07, 6.45) is -5.86. The highest BCUT2D eigenvalue weighted by atomic mass is 16.5. The van der Waals surface area contributed by atoms with Gasteiger partial charge in [0.05, 0.1) is 60.8 Å². The smallest absolute Gasteiger partial charge is 0.326 e. The van der Waals surface area contributed by atoms with Gasteiger partial charge >= 0.3 is 5.97 Å². The molecule has 1 aromatic rings.